The van der Waals surface area contributed by atoms with E-state index in [1.54, 1.807) is 0 Å². The quantitative estimate of drug-likeness (QED) is 0.447. The zero-order valence-electron chi connectivity index (χ0n) is 9.93. The molecule has 0 heterocycles. The summed E-state index contributed by atoms with van der Waals surface area (Å²) in [5.74, 6) is 0. The molecular formula is C9H18O7. The van der Waals surface area contributed by atoms with Gasteiger partial charge in [-0.2, -0.15) is 0 Å². The first-order valence-electron chi connectivity index (χ1n) is 4.58. The van der Waals surface area contributed by atoms with Gasteiger partial charge in [-0.05, 0) is 0 Å². The third-order valence-electron chi connectivity index (χ3n) is 1.59. The molecule has 7 heteroatoms. The summed E-state index contributed by atoms with van der Waals surface area (Å²) in [5, 5.41) is 0. The van der Waals surface area contributed by atoms with Gasteiger partial charge >= 0.3 is 6.16 Å². The highest BCUT2D eigenvalue weighted by Gasteiger charge is 2.19. The van der Waals surface area contributed by atoms with Crippen molar-refractivity contribution in [3.05, 3.63) is 0 Å². The predicted octanol–water partition coefficient (Wildman–Crippen LogP) is 0.377. The average molecular weight is 238 g/mol. The van der Waals surface area contributed by atoms with Gasteiger partial charge in [-0.25, -0.2) is 4.79 Å². The molecule has 0 saturated carbocycles. The molecule has 0 N–H and O–H groups in total. The van der Waals surface area contributed by atoms with Gasteiger partial charge in [-0.3, -0.25) is 0 Å². The highest BCUT2D eigenvalue weighted by molar-refractivity contribution is 5.60. The Morgan fingerprint density at radius 1 is 0.875 bits per heavy atom. The number of carbonyl (C=O) groups is 1. The summed E-state index contributed by atoms with van der Waals surface area (Å²) >= 11 is 0. The third kappa shape index (κ3) is 6.57. The van der Waals surface area contributed by atoms with Crippen molar-refractivity contribution in [2.75, 3.05) is 41.7 Å². The maximum atomic E-state index is 11.2. The number of methoxy groups -OCH3 is 4. The van der Waals surface area contributed by atoms with Crippen molar-refractivity contribution in [1.82, 2.24) is 0 Å². The molecule has 0 aliphatic rings. The maximum Gasteiger partial charge on any atom is 0.513 e. The molecule has 96 valence electrons. The Kier molecular flexibility index (Phi) is 8.82. The number of rotatable bonds is 8. The van der Waals surface area contributed by atoms with E-state index in [9.17, 15) is 4.79 Å². The van der Waals surface area contributed by atoms with E-state index in [4.69, 9.17) is 28.4 Å². The fraction of sp³-hybridized carbons (Fsp3) is 0.889. The van der Waals surface area contributed by atoms with Crippen LogP contribution in [0.3, 0.4) is 0 Å². The van der Waals surface area contributed by atoms with E-state index in [1.165, 1.54) is 28.4 Å². The molecule has 0 aromatic rings. The molecule has 0 spiro atoms. The minimum atomic E-state index is -0.909. The van der Waals surface area contributed by atoms with Gasteiger partial charge in [0.05, 0.1) is 0 Å². The molecule has 0 aromatic carbocycles. The van der Waals surface area contributed by atoms with Crippen LogP contribution in [0.2, 0.25) is 0 Å². The zero-order valence-corrected chi connectivity index (χ0v) is 9.93. The Bertz CT molecular complexity index is 167. The van der Waals surface area contributed by atoms with Crippen molar-refractivity contribution in [1.29, 1.82) is 0 Å². The molecule has 16 heavy (non-hydrogen) atoms. The lowest BCUT2D eigenvalue weighted by molar-refractivity contribution is -0.171. The monoisotopic (exact) mass is 238 g/mol. The largest absolute Gasteiger partial charge is 0.513 e. The minimum Gasteiger partial charge on any atom is -0.402 e. The first kappa shape index (κ1) is 15.1. The lowest BCUT2D eigenvalue weighted by Crippen LogP contribution is -2.30. The lowest BCUT2D eigenvalue weighted by atomic mass is 10.7. The van der Waals surface area contributed by atoms with Crippen LogP contribution in [0, 0.1) is 0 Å². The van der Waals surface area contributed by atoms with E-state index in [0.717, 1.165) is 0 Å². The normalized spacial score (nSPS) is 14.2. The van der Waals surface area contributed by atoms with Gasteiger partial charge < -0.3 is 28.4 Å². The van der Waals surface area contributed by atoms with Gasteiger partial charge in [0.1, 0.15) is 13.2 Å². The van der Waals surface area contributed by atoms with Gasteiger partial charge in [-0.15, -0.1) is 0 Å². The van der Waals surface area contributed by atoms with Gasteiger partial charge in [0.25, 0.3) is 0 Å². The van der Waals surface area contributed by atoms with Crippen LogP contribution < -0.4 is 0 Å². The van der Waals surface area contributed by atoms with Crippen LogP contribution in [0.1, 0.15) is 0 Å². The second kappa shape index (κ2) is 9.34. The molecule has 2 atom stereocenters. The number of hydrogen-bond acceptors (Lipinski definition) is 7. The summed E-state index contributed by atoms with van der Waals surface area (Å²) < 4.78 is 28.7. The van der Waals surface area contributed by atoms with Crippen molar-refractivity contribution in [3.63, 3.8) is 0 Å². The van der Waals surface area contributed by atoms with Crippen molar-refractivity contribution in [2.24, 2.45) is 0 Å². The molecular weight excluding hydrogens is 220 g/mol. The number of hydrogen-bond donors (Lipinski definition) is 0. The first-order valence-corrected chi connectivity index (χ1v) is 4.58. The molecule has 2 unspecified atom stereocenters. The van der Waals surface area contributed by atoms with E-state index in [0.29, 0.717) is 0 Å². The van der Waals surface area contributed by atoms with Gasteiger partial charge in [0, 0.05) is 28.4 Å². The van der Waals surface area contributed by atoms with Crippen LogP contribution in [-0.4, -0.2) is 60.4 Å². The number of ether oxygens (including phenoxy) is 6. The summed E-state index contributed by atoms with van der Waals surface area (Å²) in [7, 11) is 5.70. The summed E-state index contributed by atoms with van der Waals surface area (Å²) in [6.07, 6.45) is -2.53. The molecule has 0 aliphatic heterocycles. The lowest BCUT2D eigenvalue weighted by Gasteiger charge is -2.18. The van der Waals surface area contributed by atoms with Crippen LogP contribution in [0.25, 0.3) is 0 Å². The predicted molar refractivity (Wildman–Crippen MR) is 52.9 cm³/mol. The highest BCUT2D eigenvalue weighted by atomic mass is 16.8. The van der Waals surface area contributed by atoms with Gasteiger partial charge in [0.2, 0.25) is 12.6 Å². The summed E-state index contributed by atoms with van der Waals surface area (Å²) in [4.78, 5) is 11.2. The van der Waals surface area contributed by atoms with Crippen LogP contribution in [0.4, 0.5) is 4.79 Å². The molecule has 0 aliphatic carbocycles. The van der Waals surface area contributed by atoms with Gasteiger partial charge in [0.15, 0.2) is 0 Å². The topological polar surface area (TPSA) is 72.5 Å². The van der Waals surface area contributed by atoms with Crippen molar-refractivity contribution >= 4 is 6.16 Å². The summed E-state index contributed by atoms with van der Waals surface area (Å²) in [6.45, 7) is 0.237. The first-order chi connectivity index (χ1) is 7.67. The third-order valence-corrected chi connectivity index (χ3v) is 1.59. The average Bonchev–Trinajstić information content (AvgIpc) is 2.27. The maximum absolute atomic E-state index is 11.2. The van der Waals surface area contributed by atoms with E-state index >= 15 is 0 Å². The molecule has 0 aromatic heterocycles. The van der Waals surface area contributed by atoms with Crippen molar-refractivity contribution in [2.45, 2.75) is 12.6 Å². The standard InChI is InChI=1S/C9H18O7/c1-11-5-7(13-3)15-9(10)16-8(14-4)6-12-2/h7-8H,5-6H2,1-4H3. The molecule has 0 fully saturated rings. The fourth-order valence-electron chi connectivity index (χ4n) is 0.815. The van der Waals surface area contributed by atoms with Crippen LogP contribution in [-0.2, 0) is 28.4 Å². The van der Waals surface area contributed by atoms with Crippen LogP contribution in [0.5, 0.6) is 0 Å². The summed E-state index contributed by atoms with van der Waals surface area (Å²) in [5.41, 5.74) is 0. The Hall–Kier alpha value is -0.890. The Morgan fingerprint density at radius 3 is 1.50 bits per heavy atom. The number of carbonyl (C=O) groups excluding carboxylic acids is 1. The second-order valence-corrected chi connectivity index (χ2v) is 2.73. The Balaban J connectivity index is 3.93. The van der Waals surface area contributed by atoms with Crippen LogP contribution >= 0.6 is 0 Å². The molecule has 7 nitrogen and oxygen atoms in total. The SMILES string of the molecule is COCC(OC)OC(=O)OC(COC)OC. The molecule has 0 radical (unpaired) electrons. The molecule has 0 amide bonds. The van der Waals surface area contributed by atoms with Gasteiger partial charge in [-0.1, -0.05) is 0 Å². The smallest absolute Gasteiger partial charge is 0.402 e. The molecule has 0 rings (SSSR count). The Labute approximate surface area is 94.5 Å². The minimum absolute atomic E-state index is 0.119. The van der Waals surface area contributed by atoms with Crippen molar-refractivity contribution in [3.8, 4) is 0 Å². The molecule has 0 saturated heterocycles. The highest BCUT2D eigenvalue weighted by Crippen LogP contribution is 2.01. The summed E-state index contributed by atoms with van der Waals surface area (Å²) in [6, 6.07) is 0. The molecule has 0 bridgehead atoms. The van der Waals surface area contributed by atoms with E-state index in [2.05, 4.69) is 0 Å². The van der Waals surface area contributed by atoms with E-state index in [1.807, 2.05) is 0 Å². The van der Waals surface area contributed by atoms with E-state index < -0.39 is 18.7 Å². The van der Waals surface area contributed by atoms with Crippen LogP contribution in [0.15, 0.2) is 0 Å². The zero-order chi connectivity index (χ0) is 12.4. The fourth-order valence-corrected chi connectivity index (χ4v) is 0.815. The van der Waals surface area contributed by atoms with E-state index in [-0.39, 0.29) is 13.2 Å². The van der Waals surface area contributed by atoms with Crippen molar-refractivity contribution < 1.29 is 33.2 Å². The Morgan fingerprint density at radius 2 is 1.25 bits per heavy atom. The second-order valence-electron chi connectivity index (χ2n) is 2.73.